The summed E-state index contributed by atoms with van der Waals surface area (Å²) >= 11 is 0. The van der Waals surface area contributed by atoms with Crippen LogP contribution in [-0.4, -0.2) is 59.0 Å². The summed E-state index contributed by atoms with van der Waals surface area (Å²) in [5.41, 5.74) is 2.38. The number of hydrogen-bond donors (Lipinski definition) is 0. The van der Waals surface area contributed by atoms with Crippen LogP contribution in [0.1, 0.15) is 69.0 Å². The zero-order chi connectivity index (χ0) is 24.5. The van der Waals surface area contributed by atoms with E-state index >= 15 is 0 Å². The van der Waals surface area contributed by atoms with Crippen molar-refractivity contribution in [3.05, 3.63) is 59.9 Å². The molecule has 2 saturated carbocycles. The van der Waals surface area contributed by atoms with Gasteiger partial charge in [-0.2, -0.15) is 0 Å². The summed E-state index contributed by atoms with van der Waals surface area (Å²) in [5, 5.41) is 0. The van der Waals surface area contributed by atoms with Crippen molar-refractivity contribution in [2.24, 2.45) is 5.92 Å². The van der Waals surface area contributed by atoms with E-state index < -0.39 is 0 Å². The Hall–Kier alpha value is -2.60. The van der Waals surface area contributed by atoms with Crippen LogP contribution in [0.3, 0.4) is 0 Å². The fraction of sp³-hybridized carbons (Fsp3) is 0.586. The highest BCUT2D eigenvalue weighted by Crippen LogP contribution is 2.28. The highest BCUT2D eigenvalue weighted by atomic mass is 16.5. The lowest BCUT2D eigenvalue weighted by Crippen LogP contribution is -2.49. The number of amides is 2. The molecule has 190 valence electrons. The predicted molar refractivity (Wildman–Crippen MR) is 138 cm³/mol. The summed E-state index contributed by atoms with van der Waals surface area (Å²) in [7, 11) is 1.65. The third kappa shape index (κ3) is 6.97. The van der Waals surface area contributed by atoms with Gasteiger partial charge in [0.25, 0.3) is 0 Å². The molecule has 1 aromatic heterocycles. The van der Waals surface area contributed by atoms with E-state index in [2.05, 4.69) is 52.1 Å². The zero-order valence-electron chi connectivity index (χ0n) is 21.2. The molecule has 0 aliphatic heterocycles. The Labute approximate surface area is 210 Å². The molecule has 2 aromatic rings. The normalized spacial score (nSPS) is 16.9. The van der Waals surface area contributed by atoms with Crippen LogP contribution < -0.4 is 0 Å². The second-order valence-corrected chi connectivity index (χ2v) is 10.2. The lowest BCUT2D eigenvalue weighted by molar-refractivity contribution is -0.145. The van der Waals surface area contributed by atoms with Crippen LogP contribution in [0.5, 0.6) is 0 Å². The minimum Gasteiger partial charge on any atom is -0.383 e. The highest BCUT2D eigenvalue weighted by molar-refractivity contribution is 5.86. The molecule has 0 atom stereocenters. The van der Waals surface area contributed by atoms with Gasteiger partial charge in [0.1, 0.15) is 0 Å². The molecule has 4 rings (SSSR count). The molecule has 2 aliphatic carbocycles. The highest BCUT2D eigenvalue weighted by Gasteiger charge is 2.32. The Morgan fingerprint density at radius 1 is 0.943 bits per heavy atom. The molecule has 0 unspecified atom stereocenters. The second kappa shape index (κ2) is 12.9. The lowest BCUT2D eigenvalue weighted by atomic mass is 9.94. The molecular formula is C29H41N3O3. The van der Waals surface area contributed by atoms with Crippen LogP contribution in [0, 0.1) is 5.92 Å². The Morgan fingerprint density at radius 3 is 2.37 bits per heavy atom. The maximum absolute atomic E-state index is 13.8. The smallest absolute Gasteiger partial charge is 0.242 e. The number of nitrogens with zero attached hydrogens (tertiary/aromatic N) is 3. The van der Waals surface area contributed by atoms with Gasteiger partial charge in [0.05, 0.1) is 19.7 Å². The van der Waals surface area contributed by atoms with Crippen molar-refractivity contribution in [2.75, 3.05) is 26.8 Å². The Kier molecular flexibility index (Phi) is 9.41. The van der Waals surface area contributed by atoms with Crippen molar-refractivity contribution < 1.29 is 14.3 Å². The van der Waals surface area contributed by atoms with E-state index in [9.17, 15) is 9.59 Å². The average molecular weight is 480 g/mol. The molecule has 0 spiro atoms. The molecular weight excluding hydrogens is 438 g/mol. The van der Waals surface area contributed by atoms with E-state index in [4.69, 9.17) is 4.74 Å². The van der Waals surface area contributed by atoms with Crippen LogP contribution in [0.2, 0.25) is 0 Å². The van der Waals surface area contributed by atoms with Crippen LogP contribution in [0.15, 0.2) is 48.7 Å². The molecule has 6 nitrogen and oxygen atoms in total. The van der Waals surface area contributed by atoms with Crippen molar-refractivity contribution >= 4 is 11.8 Å². The fourth-order valence-corrected chi connectivity index (χ4v) is 5.67. The van der Waals surface area contributed by atoms with Gasteiger partial charge in [0.2, 0.25) is 11.8 Å². The van der Waals surface area contributed by atoms with Crippen LogP contribution in [0.25, 0.3) is 0 Å². The number of rotatable bonds is 11. The third-order valence-corrected chi connectivity index (χ3v) is 7.69. The predicted octanol–water partition coefficient (Wildman–Crippen LogP) is 4.86. The first kappa shape index (κ1) is 25.5. The largest absolute Gasteiger partial charge is 0.383 e. The quantitative estimate of drug-likeness (QED) is 0.462. The van der Waals surface area contributed by atoms with E-state index in [0.29, 0.717) is 19.7 Å². The van der Waals surface area contributed by atoms with Gasteiger partial charge in [-0.05, 0) is 43.4 Å². The molecule has 2 aliphatic rings. The van der Waals surface area contributed by atoms with Gasteiger partial charge in [-0.3, -0.25) is 9.59 Å². The summed E-state index contributed by atoms with van der Waals surface area (Å²) < 4.78 is 7.52. The maximum atomic E-state index is 13.8. The zero-order valence-corrected chi connectivity index (χ0v) is 21.2. The van der Waals surface area contributed by atoms with Gasteiger partial charge in [0.15, 0.2) is 0 Å². The van der Waals surface area contributed by atoms with E-state index in [0.717, 1.165) is 63.6 Å². The molecule has 0 N–H and O–H groups in total. The van der Waals surface area contributed by atoms with Gasteiger partial charge in [-0.25, -0.2) is 0 Å². The van der Waals surface area contributed by atoms with E-state index in [-0.39, 0.29) is 30.3 Å². The monoisotopic (exact) mass is 479 g/mol. The number of benzene rings is 1. The summed E-state index contributed by atoms with van der Waals surface area (Å²) in [5.74, 6) is 0.252. The average Bonchev–Trinajstić information content (AvgIpc) is 3.58. The standard InChI is InChI=1S/C29H41N3O3/c1-35-20-19-31(29(34)25-13-8-9-14-25)23-28(33)32(26-15-6-3-7-16-26)22-27-17-10-18-30(27)21-24-11-4-2-5-12-24/h2,4-5,10-12,17-18,25-26H,3,6-9,13-16,19-23H2,1H3. The first-order valence-corrected chi connectivity index (χ1v) is 13.4. The minimum absolute atomic E-state index is 0.0610. The second-order valence-electron chi connectivity index (χ2n) is 10.2. The van der Waals surface area contributed by atoms with Crippen LogP contribution >= 0.6 is 0 Å². The minimum atomic E-state index is 0.0610. The molecule has 0 saturated heterocycles. The lowest BCUT2D eigenvalue weighted by Gasteiger charge is -2.36. The van der Waals surface area contributed by atoms with Gasteiger partial charge in [0, 0.05) is 44.0 Å². The number of carbonyl (C=O) groups excluding carboxylic acids is 2. The Balaban J connectivity index is 1.50. The van der Waals surface area contributed by atoms with E-state index in [1.807, 2.05) is 6.07 Å². The molecule has 1 heterocycles. The molecule has 2 fully saturated rings. The number of carbonyl (C=O) groups is 2. The summed E-state index contributed by atoms with van der Waals surface area (Å²) in [4.78, 5) is 30.9. The topological polar surface area (TPSA) is 54.8 Å². The van der Waals surface area contributed by atoms with Crippen molar-refractivity contribution in [1.82, 2.24) is 14.4 Å². The molecule has 0 bridgehead atoms. The molecule has 0 radical (unpaired) electrons. The number of methoxy groups -OCH3 is 1. The molecule has 6 heteroatoms. The number of ether oxygens (including phenoxy) is 1. The summed E-state index contributed by atoms with van der Waals surface area (Å²) in [6, 6.07) is 14.9. The van der Waals surface area contributed by atoms with Crippen molar-refractivity contribution in [3.8, 4) is 0 Å². The van der Waals surface area contributed by atoms with Crippen molar-refractivity contribution in [3.63, 3.8) is 0 Å². The number of hydrogen-bond acceptors (Lipinski definition) is 3. The first-order valence-electron chi connectivity index (χ1n) is 13.4. The Morgan fingerprint density at radius 2 is 1.66 bits per heavy atom. The molecule has 1 aromatic carbocycles. The molecule has 2 amide bonds. The maximum Gasteiger partial charge on any atom is 0.242 e. The van der Waals surface area contributed by atoms with Gasteiger partial charge in [-0.15, -0.1) is 0 Å². The third-order valence-electron chi connectivity index (χ3n) is 7.69. The van der Waals surface area contributed by atoms with E-state index in [1.54, 1.807) is 12.0 Å². The van der Waals surface area contributed by atoms with Crippen molar-refractivity contribution in [1.29, 1.82) is 0 Å². The first-order chi connectivity index (χ1) is 17.2. The van der Waals surface area contributed by atoms with E-state index in [1.165, 1.54) is 12.0 Å². The van der Waals surface area contributed by atoms with Gasteiger partial charge >= 0.3 is 0 Å². The summed E-state index contributed by atoms with van der Waals surface area (Å²) in [6.07, 6.45) is 11.8. The van der Waals surface area contributed by atoms with Crippen LogP contribution in [0.4, 0.5) is 0 Å². The fourth-order valence-electron chi connectivity index (χ4n) is 5.67. The number of aromatic nitrogens is 1. The SMILES string of the molecule is COCCN(CC(=O)N(Cc1cccn1Cc1ccccc1)C1CCCCC1)C(=O)C1CCCC1. The van der Waals surface area contributed by atoms with Gasteiger partial charge < -0.3 is 19.1 Å². The Bertz CT molecular complexity index is 930. The van der Waals surface area contributed by atoms with Crippen LogP contribution in [-0.2, 0) is 27.4 Å². The molecule has 35 heavy (non-hydrogen) atoms. The summed E-state index contributed by atoms with van der Waals surface area (Å²) in [6.45, 7) is 2.44. The van der Waals surface area contributed by atoms with Gasteiger partial charge in [-0.1, -0.05) is 62.4 Å². The van der Waals surface area contributed by atoms with Crippen molar-refractivity contribution in [2.45, 2.75) is 76.9 Å².